The first-order chi connectivity index (χ1) is 17.5. The lowest BCUT2D eigenvalue weighted by Crippen LogP contribution is -2.21. The van der Waals surface area contributed by atoms with Crippen molar-refractivity contribution in [2.75, 3.05) is 36.2 Å². The fourth-order valence-electron chi connectivity index (χ4n) is 2.72. The van der Waals surface area contributed by atoms with Crippen LogP contribution in [0.1, 0.15) is 0 Å². The highest BCUT2D eigenvalue weighted by atomic mass is 32.3. The zero-order chi connectivity index (χ0) is 30.2. The molecular weight excluding hydrogens is 637 g/mol. The molecule has 220 valence electrons. The number of phenolic OH excluding ortho intramolecular Hbond substituents is 2. The first-order valence-electron chi connectivity index (χ1n) is 9.67. The van der Waals surface area contributed by atoms with Crippen LogP contribution < -0.4 is 11.5 Å². The maximum Gasteiger partial charge on any atom is 0.399 e. The minimum absolute atomic E-state index is 0.371. The Morgan fingerprint density at radius 3 is 1.18 bits per heavy atom. The number of nitrogens with two attached hydrogens (primary N) is 2. The third-order valence-electron chi connectivity index (χ3n) is 4.59. The predicted octanol–water partition coefficient (Wildman–Crippen LogP) is -1.72. The van der Waals surface area contributed by atoms with E-state index < -0.39 is 117 Å². The molecule has 2 rings (SSSR count). The molecule has 0 fully saturated rings. The van der Waals surface area contributed by atoms with Gasteiger partial charge in [-0.15, -0.1) is 0 Å². The molecule has 2 aromatic rings. The van der Waals surface area contributed by atoms with Gasteiger partial charge in [-0.2, -0.15) is 25.3 Å². The molecule has 18 nitrogen and oxygen atoms in total. The van der Waals surface area contributed by atoms with Crippen LogP contribution in [0.4, 0.5) is 11.4 Å². The maximum absolute atomic E-state index is 12.4. The van der Waals surface area contributed by atoms with Gasteiger partial charge in [0.1, 0.15) is 9.79 Å². The smallest absolute Gasteiger partial charge is 0.399 e. The van der Waals surface area contributed by atoms with Crippen molar-refractivity contribution in [3.8, 4) is 11.5 Å². The Balaban J connectivity index is 2.08. The highest BCUT2D eigenvalue weighted by Gasteiger charge is 2.27. The summed E-state index contributed by atoms with van der Waals surface area (Å²) in [6.45, 7) is -2.24. The van der Waals surface area contributed by atoms with Gasteiger partial charge in [-0.3, -0.25) is 9.11 Å². The van der Waals surface area contributed by atoms with Gasteiger partial charge < -0.3 is 21.7 Å². The highest BCUT2D eigenvalue weighted by molar-refractivity contribution is 7.92. The van der Waals surface area contributed by atoms with Gasteiger partial charge in [0.25, 0.3) is 20.2 Å². The van der Waals surface area contributed by atoms with Crippen LogP contribution in [-0.4, -0.2) is 86.1 Å². The van der Waals surface area contributed by atoms with Crippen LogP contribution in [0.25, 0.3) is 0 Å². The number of nitrogen functional groups attached to an aromatic ring is 2. The quantitative estimate of drug-likeness (QED) is 0.0840. The van der Waals surface area contributed by atoms with Crippen molar-refractivity contribution in [1.29, 1.82) is 0 Å². The molecule has 0 saturated carbocycles. The molecule has 0 aromatic heterocycles. The van der Waals surface area contributed by atoms with Gasteiger partial charge in [-0.25, -0.2) is 25.2 Å². The third kappa shape index (κ3) is 8.12. The monoisotopic (exact) mass is 656 g/mol. The fourth-order valence-corrected chi connectivity index (χ4v) is 7.28. The van der Waals surface area contributed by atoms with E-state index >= 15 is 0 Å². The number of benzene rings is 2. The van der Waals surface area contributed by atoms with E-state index in [1.54, 1.807) is 0 Å². The predicted molar refractivity (Wildman–Crippen MR) is 130 cm³/mol. The van der Waals surface area contributed by atoms with Gasteiger partial charge in [0.15, 0.2) is 31.2 Å². The van der Waals surface area contributed by atoms with Gasteiger partial charge >= 0.3 is 10.4 Å². The van der Waals surface area contributed by atoms with Crippen LogP contribution in [0.2, 0.25) is 0 Å². The van der Waals surface area contributed by atoms with Crippen LogP contribution in [0.15, 0.2) is 43.8 Å². The third-order valence-corrected chi connectivity index (χ3v) is 10.6. The summed E-state index contributed by atoms with van der Waals surface area (Å²) in [6, 6.07) is 2.02. The SMILES string of the molecule is Nc1cc(S(=O)(=O)CCOS(=O)(=O)OCCS(=O)(=O)c2cc(N)c(O)c(S(=O)(=O)O)c2)cc(S(=O)(=O)O)c1O. The van der Waals surface area contributed by atoms with Crippen molar-refractivity contribution in [3.05, 3.63) is 24.3 Å². The van der Waals surface area contributed by atoms with Crippen molar-refractivity contribution < 1.29 is 69.8 Å². The number of phenols is 2. The molecule has 0 saturated heterocycles. The van der Waals surface area contributed by atoms with E-state index in [9.17, 15) is 52.3 Å². The molecule has 0 aliphatic rings. The van der Waals surface area contributed by atoms with E-state index in [0.29, 0.717) is 24.3 Å². The fraction of sp³-hybridized carbons (Fsp3) is 0.250. The normalized spacial score (nSPS) is 13.4. The Kier molecular flexibility index (Phi) is 9.16. The molecule has 2 aromatic carbocycles. The first kappa shape index (κ1) is 32.4. The number of hydrogen-bond donors (Lipinski definition) is 6. The summed E-state index contributed by atoms with van der Waals surface area (Å²) in [5, 5.41) is 19.2. The molecule has 0 amide bonds. The molecule has 0 unspecified atom stereocenters. The second-order valence-electron chi connectivity index (χ2n) is 7.36. The average Bonchev–Trinajstić information content (AvgIpc) is 2.74. The van der Waals surface area contributed by atoms with Crippen molar-refractivity contribution in [3.63, 3.8) is 0 Å². The van der Waals surface area contributed by atoms with E-state index in [1.807, 2.05) is 0 Å². The lowest BCUT2D eigenvalue weighted by atomic mass is 10.3. The van der Waals surface area contributed by atoms with Gasteiger partial charge in [0, 0.05) is 0 Å². The average molecular weight is 657 g/mol. The zero-order valence-corrected chi connectivity index (χ0v) is 23.1. The van der Waals surface area contributed by atoms with Crippen molar-refractivity contribution in [1.82, 2.24) is 0 Å². The number of aromatic hydroxyl groups is 2. The van der Waals surface area contributed by atoms with Crippen molar-refractivity contribution >= 4 is 61.7 Å². The molecule has 0 atom stereocenters. The molecule has 39 heavy (non-hydrogen) atoms. The zero-order valence-electron chi connectivity index (χ0n) is 19.0. The summed E-state index contributed by atoms with van der Waals surface area (Å²) < 4.78 is 145. The second-order valence-corrected chi connectivity index (χ2v) is 15.6. The van der Waals surface area contributed by atoms with Crippen LogP contribution in [0.3, 0.4) is 0 Å². The standard InChI is InChI=1S/C16H20N2O16S5/c17-11-5-9(7-13(15(11)19)37(25,26)27)35(21,22)3-1-33-39(31,32)34-2-4-36(23,24)10-6-12(18)16(20)14(8-10)38(28,29)30/h5-8,19-20H,1-4,17-18H2,(H,25,26,27)(H,28,29,30). The largest absolute Gasteiger partial charge is 0.504 e. The summed E-state index contributed by atoms with van der Waals surface area (Å²) in [7, 11) is -24.2. The molecule has 0 aliphatic heterocycles. The molecule has 23 heteroatoms. The van der Waals surface area contributed by atoms with Crippen LogP contribution in [0, 0.1) is 0 Å². The molecule has 0 heterocycles. The van der Waals surface area contributed by atoms with Crippen LogP contribution in [-0.2, 0) is 58.7 Å². The molecule has 0 radical (unpaired) electrons. The Morgan fingerprint density at radius 2 is 0.897 bits per heavy atom. The van der Waals surface area contributed by atoms with Gasteiger partial charge in [0.2, 0.25) is 0 Å². The van der Waals surface area contributed by atoms with E-state index in [2.05, 4.69) is 8.37 Å². The molecular formula is C16H20N2O16S5. The van der Waals surface area contributed by atoms with E-state index in [1.165, 1.54) is 0 Å². The number of hydrogen-bond acceptors (Lipinski definition) is 16. The van der Waals surface area contributed by atoms with Crippen molar-refractivity contribution in [2.24, 2.45) is 0 Å². The second kappa shape index (κ2) is 11.0. The number of rotatable bonds is 12. The number of sulfone groups is 2. The van der Waals surface area contributed by atoms with Crippen LogP contribution >= 0.6 is 0 Å². The van der Waals surface area contributed by atoms with Gasteiger partial charge in [-0.05, 0) is 24.3 Å². The minimum atomic E-state index is -5.09. The Hall–Kier alpha value is -2.77. The Bertz CT molecular complexity index is 1700. The van der Waals surface area contributed by atoms with E-state index in [-0.39, 0.29) is 0 Å². The van der Waals surface area contributed by atoms with E-state index in [0.717, 1.165) is 0 Å². The molecule has 0 aliphatic carbocycles. The highest BCUT2D eigenvalue weighted by Crippen LogP contribution is 2.33. The summed E-state index contributed by atoms with van der Waals surface area (Å²) in [5.74, 6) is -4.48. The Morgan fingerprint density at radius 1 is 0.590 bits per heavy atom. The Labute approximate surface area is 222 Å². The number of anilines is 2. The summed E-state index contributed by atoms with van der Waals surface area (Å²) in [6.07, 6.45) is 0. The summed E-state index contributed by atoms with van der Waals surface area (Å²) >= 11 is 0. The molecule has 0 spiro atoms. The van der Waals surface area contributed by atoms with Gasteiger partial charge in [0.05, 0.1) is 45.9 Å². The molecule has 0 bridgehead atoms. The molecule has 8 N–H and O–H groups in total. The summed E-state index contributed by atoms with van der Waals surface area (Å²) in [5.41, 5.74) is 9.21. The lowest BCUT2D eigenvalue weighted by molar-refractivity contribution is 0.232. The maximum atomic E-state index is 12.4. The van der Waals surface area contributed by atoms with E-state index in [4.69, 9.17) is 20.6 Å². The first-order valence-corrected chi connectivity index (χ1v) is 17.2. The van der Waals surface area contributed by atoms with Gasteiger partial charge in [-0.1, -0.05) is 0 Å². The topological polar surface area (TPSA) is 322 Å². The summed E-state index contributed by atoms with van der Waals surface area (Å²) in [4.78, 5) is -4.09. The van der Waals surface area contributed by atoms with Crippen LogP contribution in [0.5, 0.6) is 11.5 Å². The lowest BCUT2D eigenvalue weighted by Gasteiger charge is -2.11. The minimum Gasteiger partial charge on any atom is -0.504 e. The van der Waals surface area contributed by atoms with Crippen molar-refractivity contribution in [2.45, 2.75) is 19.6 Å².